The van der Waals surface area contributed by atoms with Crippen molar-refractivity contribution < 1.29 is 13.2 Å². The van der Waals surface area contributed by atoms with E-state index in [1.165, 1.54) is 10.4 Å². The lowest BCUT2D eigenvalue weighted by molar-refractivity contribution is 0.0937. The van der Waals surface area contributed by atoms with E-state index in [4.69, 9.17) is 0 Å². The van der Waals surface area contributed by atoms with E-state index in [2.05, 4.69) is 19.2 Å². The minimum Gasteiger partial charge on any atom is -0.349 e. The van der Waals surface area contributed by atoms with Gasteiger partial charge in [-0.3, -0.25) is 9.59 Å². The Morgan fingerprint density at radius 3 is 2.42 bits per heavy atom. The smallest absolute Gasteiger partial charge is 0.256 e. The average molecular weight is 448 g/mol. The molecule has 0 aliphatic carbocycles. The Hall–Kier alpha value is -2.19. The van der Waals surface area contributed by atoms with Crippen LogP contribution in [0.5, 0.6) is 0 Å². The molecule has 0 saturated carbocycles. The summed E-state index contributed by atoms with van der Waals surface area (Å²) in [6.45, 7) is 11.4. The van der Waals surface area contributed by atoms with Gasteiger partial charge in [0.15, 0.2) is 0 Å². The molecule has 2 heterocycles. The summed E-state index contributed by atoms with van der Waals surface area (Å²) in [6, 6.07) is 4.60. The SMILES string of the molecule is CC[C@H](C)NC(=O)c1cn(CC)c2ccc(S(=O)(=O)N3C[C@H](C)C[C@H](C)C3)cc2c1=O. The standard InChI is InChI=1S/C23H33N3O4S/c1-6-17(5)24-23(28)20-14-25(7-2)21-9-8-18(11-19(21)22(20)27)31(29,30)26-12-15(3)10-16(4)13-26/h8-9,11,14-17H,6-7,10,12-13H2,1-5H3,(H,24,28)/t15-,16+,17-/m0/s1. The van der Waals surface area contributed by atoms with Gasteiger partial charge in [-0.1, -0.05) is 20.8 Å². The van der Waals surface area contributed by atoms with Crippen LogP contribution >= 0.6 is 0 Å². The fourth-order valence-electron chi connectivity index (χ4n) is 4.32. The van der Waals surface area contributed by atoms with Crippen molar-refractivity contribution in [3.8, 4) is 0 Å². The zero-order chi connectivity index (χ0) is 22.9. The summed E-state index contributed by atoms with van der Waals surface area (Å²) < 4.78 is 30.0. The third-order valence-corrected chi connectivity index (χ3v) is 7.93. The largest absolute Gasteiger partial charge is 0.349 e. The highest BCUT2D eigenvalue weighted by Gasteiger charge is 2.32. The monoisotopic (exact) mass is 447 g/mol. The molecule has 3 rings (SSSR count). The van der Waals surface area contributed by atoms with Crippen molar-refractivity contribution in [2.24, 2.45) is 11.8 Å². The van der Waals surface area contributed by atoms with Crippen LogP contribution in [0.3, 0.4) is 0 Å². The second-order valence-corrected chi connectivity index (χ2v) is 10.8. The topological polar surface area (TPSA) is 88.5 Å². The van der Waals surface area contributed by atoms with Crippen LogP contribution in [0.15, 0.2) is 34.1 Å². The number of nitrogens with zero attached hydrogens (tertiary/aromatic N) is 2. The first kappa shape index (κ1) is 23.5. The Balaban J connectivity index is 2.11. The molecule has 0 radical (unpaired) electrons. The quantitative estimate of drug-likeness (QED) is 0.736. The molecule has 1 N–H and O–H groups in total. The molecule has 0 spiro atoms. The second kappa shape index (κ2) is 9.12. The number of hydrogen-bond acceptors (Lipinski definition) is 4. The van der Waals surface area contributed by atoms with E-state index in [9.17, 15) is 18.0 Å². The molecule has 2 aromatic rings. The van der Waals surface area contributed by atoms with Gasteiger partial charge in [-0.25, -0.2) is 8.42 Å². The number of carbonyl (C=O) groups is 1. The van der Waals surface area contributed by atoms with Crippen LogP contribution in [0.25, 0.3) is 10.9 Å². The van der Waals surface area contributed by atoms with E-state index >= 15 is 0 Å². The molecule has 8 heteroatoms. The minimum absolute atomic E-state index is 0.0319. The molecule has 1 amide bonds. The minimum atomic E-state index is -3.73. The van der Waals surface area contributed by atoms with E-state index in [1.807, 2.05) is 25.3 Å². The van der Waals surface area contributed by atoms with Crippen molar-refractivity contribution in [2.45, 2.75) is 64.9 Å². The fourth-order valence-corrected chi connectivity index (χ4v) is 6.02. The number of carbonyl (C=O) groups excluding carboxylic acids is 1. The summed E-state index contributed by atoms with van der Waals surface area (Å²) >= 11 is 0. The van der Waals surface area contributed by atoms with Crippen LogP contribution in [-0.2, 0) is 16.6 Å². The zero-order valence-corrected chi connectivity index (χ0v) is 19.8. The van der Waals surface area contributed by atoms with E-state index < -0.39 is 21.4 Å². The van der Waals surface area contributed by atoms with Crippen LogP contribution < -0.4 is 10.7 Å². The molecule has 1 aliphatic rings. The molecule has 31 heavy (non-hydrogen) atoms. The van der Waals surface area contributed by atoms with Gasteiger partial charge in [-0.05, 0) is 56.7 Å². The number of piperidine rings is 1. The third kappa shape index (κ3) is 4.70. The van der Waals surface area contributed by atoms with Gasteiger partial charge < -0.3 is 9.88 Å². The highest BCUT2D eigenvalue weighted by atomic mass is 32.2. The van der Waals surface area contributed by atoms with Gasteiger partial charge in [0, 0.05) is 37.3 Å². The number of fused-ring (bicyclic) bond motifs is 1. The number of nitrogens with one attached hydrogen (secondary N) is 1. The molecule has 0 bridgehead atoms. The number of rotatable bonds is 6. The summed E-state index contributed by atoms with van der Waals surface area (Å²) in [5.74, 6) is 0.134. The number of hydrogen-bond donors (Lipinski definition) is 1. The predicted octanol–water partition coefficient (Wildman–Crippen LogP) is 3.22. The Kier molecular flexibility index (Phi) is 6.91. The summed E-state index contributed by atoms with van der Waals surface area (Å²) in [4.78, 5) is 26.0. The van der Waals surface area contributed by atoms with E-state index in [0.717, 1.165) is 12.8 Å². The van der Waals surface area contributed by atoms with E-state index in [1.54, 1.807) is 18.3 Å². The lowest BCUT2D eigenvalue weighted by Gasteiger charge is -2.34. The lowest BCUT2D eigenvalue weighted by Crippen LogP contribution is -2.42. The summed E-state index contributed by atoms with van der Waals surface area (Å²) in [7, 11) is -3.73. The number of pyridine rings is 1. The van der Waals surface area contributed by atoms with Crippen LogP contribution in [-0.4, -0.2) is 42.3 Å². The maximum atomic E-state index is 13.3. The van der Waals surface area contributed by atoms with Crippen LogP contribution in [0, 0.1) is 11.8 Å². The molecule has 1 fully saturated rings. The summed E-state index contributed by atoms with van der Waals surface area (Å²) in [5, 5.41) is 3.08. The molecular formula is C23H33N3O4S. The van der Waals surface area contributed by atoms with Crippen molar-refractivity contribution in [3.63, 3.8) is 0 Å². The van der Waals surface area contributed by atoms with Gasteiger partial charge in [-0.15, -0.1) is 0 Å². The number of aromatic nitrogens is 1. The first-order valence-electron chi connectivity index (χ1n) is 11.1. The summed E-state index contributed by atoms with van der Waals surface area (Å²) in [6.07, 6.45) is 3.31. The van der Waals surface area contributed by atoms with E-state index in [-0.39, 0.29) is 33.7 Å². The van der Waals surface area contributed by atoms with Crippen molar-refractivity contribution in [1.29, 1.82) is 0 Å². The molecule has 0 unspecified atom stereocenters. The summed E-state index contributed by atoms with van der Waals surface area (Å²) in [5.41, 5.74) is 0.203. The first-order chi connectivity index (χ1) is 14.6. The fraction of sp³-hybridized carbons (Fsp3) is 0.565. The van der Waals surface area contributed by atoms with Crippen LogP contribution in [0.1, 0.15) is 57.8 Å². The van der Waals surface area contributed by atoms with Crippen LogP contribution in [0.4, 0.5) is 0 Å². The van der Waals surface area contributed by atoms with Crippen LogP contribution in [0.2, 0.25) is 0 Å². The first-order valence-corrected chi connectivity index (χ1v) is 12.5. The normalized spacial score (nSPS) is 21.2. The van der Waals surface area contributed by atoms with Crippen molar-refractivity contribution >= 4 is 26.8 Å². The zero-order valence-electron chi connectivity index (χ0n) is 19.0. The number of sulfonamides is 1. The second-order valence-electron chi connectivity index (χ2n) is 8.89. The molecule has 1 aliphatic heterocycles. The highest BCUT2D eigenvalue weighted by Crippen LogP contribution is 2.28. The molecule has 1 aromatic carbocycles. The van der Waals surface area contributed by atoms with Gasteiger partial charge in [-0.2, -0.15) is 4.31 Å². The highest BCUT2D eigenvalue weighted by molar-refractivity contribution is 7.89. The number of aryl methyl sites for hydroxylation is 1. The molecule has 3 atom stereocenters. The molecule has 7 nitrogen and oxygen atoms in total. The van der Waals surface area contributed by atoms with Gasteiger partial charge in [0.1, 0.15) is 5.56 Å². The van der Waals surface area contributed by atoms with Crippen molar-refractivity contribution in [3.05, 3.63) is 40.2 Å². The Labute approximate surface area is 184 Å². The maximum Gasteiger partial charge on any atom is 0.256 e. The predicted molar refractivity (Wildman–Crippen MR) is 123 cm³/mol. The van der Waals surface area contributed by atoms with Crippen molar-refractivity contribution in [2.75, 3.05) is 13.1 Å². The van der Waals surface area contributed by atoms with E-state index in [0.29, 0.717) is 25.2 Å². The van der Waals surface area contributed by atoms with Gasteiger partial charge in [0.05, 0.1) is 10.4 Å². The maximum absolute atomic E-state index is 13.3. The third-order valence-electron chi connectivity index (χ3n) is 6.10. The molecule has 1 saturated heterocycles. The lowest BCUT2D eigenvalue weighted by atomic mass is 9.94. The average Bonchev–Trinajstić information content (AvgIpc) is 2.72. The molecule has 1 aromatic heterocycles. The Bertz CT molecular complexity index is 1130. The van der Waals surface area contributed by atoms with Crippen molar-refractivity contribution in [1.82, 2.24) is 14.2 Å². The number of amides is 1. The Morgan fingerprint density at radius 1 is 1.19 bits per heavy atom. The molecule has 170 valence electrons. The van der Waals surface area contributed by atoms with Gasteiger partial charge in [0.2, 0.25) is 15.5 Å². The number of benzene rings is 1. The Morgan fingerprint density at radius 2 is 1.84 bits per heavy atom. The van der Waals surface area contributed by atoms with Gasteiger partial charge >= 0.3 is 0 Å². The van der Waals surface area contributed by atoms with Gasteiger partial charge in [0.25, 0.3) is 5.91 Å². The molecular weight excluding hydrogens is 414 g/mol.